The molecule has 1 aliphatic heterocycles. The van der Waals surface area contributed by atoms with Crippen molar-refractivity contribution >= 4 is 39.8 Å². The third kappa shape index (κ3) is 7.31. The normalized spacial score (nSPS) is 16.0. The smallest absolute Gasteiger partial charge is 0.191 e. The summed E-state index contributed by atoms with van der Waals surface area (Å²) in [4.78, 5) is 4.58. The van der Waals surface area contributed by atoms with Crippen LogP contribution in [-0.4, -0.2) is 51.7 Å². The lowest BCUT2D eigenvalue weighted by Crippen LogP contribution is -2.39. The first-order valence-electron chi connectivity index (χ1n) is 9.56. The van der Waals surface area contributed by atoms with Crippen LogP contribution >= 0.6 is 24.0 Å². The number of nitrogens with zero attached hydrogens (tertiary/aromatic N) is 1. The summed E-state index contributed by atoms with van der Waals surface area (Å²) < 4.78 is 34.9. The van der Waals surface area contributed by atoms with Crippen molar-refractivity contribution in [2.45, 2.75) is 46.8 Å². The van der Waals surface area contributed by atoms with Gasteiger partial charge in [-0.3, -0.25) is 0 Å². The van der Waals surface area contributed by atoms with E-state index in [9.17, 15) is 8.42 Å². The summed E-state index contributed by atoms with van der Waals surface area (Å²) in [6, 6.07) is 4.04. The molecule has 1 heterocycles. The maximum atomic E-state index is 11.6. The van der Waals surface area contributed by atoms with Crippen LogP contribution in [-0.2, 0) is 22.8 Å². The molecule has 0 aromatic heterocycles. The number of aliphatic imine (C=N–C) groups is 1. The predicted molar refractivity (Wildman–Crippen MR) is 124 cm³/mol. The van der Waals surface area contributed by atoms with Gasteiger partial charge in [-0.05, 0) is 32.9 Å². The molecule has 28 heavy (non-hydrogen) atoms. The summed E-state index contributed by atoms with van der Waals surface area (Å²) in [6.45, 7) is 9.64. The SMILES string of the molecule is CCNC(=NCc1cc2c(cc1OCC)CC(C)O2)NCCS(=O)(=O)CC.I. The first kappa shape index (κ1) is 24.8. The average Bonchev–Trinajstić information content (AvgIpc) is 2.98. The highest BCUT2D eigenvalue weighted by Gasteiger charge is 2.21. The second-order valence-corrected chi connectivity index (χ2v) is 8.96. The maximum absolute atomic E-state index is 11.6. The Bertz CT molecular complexity index is 769. The first-order chi connectivity index (χ1) is 12.9. The highest BCUT2D eigenvalue weighted by molar-refractivity contribution is 14.0. The molecule has 0 amide bonds. The third-order valence-electron chi connectivity index (χ3n) is 4.28. The van der Waals surface area contributed by atoms with Crippen LogP contribution in [0.4, 0.5) is 0 Å². The Hall–Kier alpha value is -1.23. The second kappa shape index (κ2) is 11.7. The Balaban J connectivity index is 0.00000392. The Morgan fingerprint density at radius 3 is 2.68 bits per heavy atom. The van der Waals surface area contributed by atoms with Gasteiger partial charge in [0.1, 0.15) is 17.6 Å². The van der Waals surface area contributed by atoms with Gasteiger partial charge in [-0.2, -0.15) is 0 Å². The fourth-order valence-electron chi connectivity index (χ4n) is 2.87. The van der Waals surface area contributed by atoms with Crippen molar-refractivity contribution in [2.24, 2.45) is 4.99 Å². The van der Waals surface area contributed by atoms with E-state index in [1.165, 1.54) is 0 Å². The average molecular weight is 525 g/mol. The lowest BCUT2D eigenvalue weighted by Gasteiger charge is -2.14. The highest BCUT2D eigenvalue weighted by atomic mass is 127. The fraction of sp³-hybridized carbons (Fsp3) is 0.632. The van der Waals surface area contributed by atoms with Crippen molar-refractivity contribution in [2.75, 3.05) is 31.2 Å². The van der Waals surface area contributed by atoms with E-state index >= 15 is 0 Å². The monoisotopic (exact) mass is 525 g/mol. The molecule has 0 fully saturated rings. The van der Waals surface area contributed by atoms with E-state index in [4.69, 9.17) is 9.47 Å². The zero-order chi connectivity index (χ0) is 19.9. The number of hydrogen-bond donors (Lipinski definition) is 2. The van der Waals surface area contributed by atoms with Crippen LogP contribution < -0.4 is 20.1 Å². The number of halogens is 1. The zero-order valence-corrected chi connectivity index (χ0v) is 20.2. The molecule has 0 saturated carbocycles. The molecule has 1 aromatic carbocycles. The van der Waals surface area contributed by atoms with E-state index in [2.05, 4.69) is 22.5 Å². The van der Waals surface area contributed by atoms with E-state index in [0.29, 0.717) is 32.2 Å². The number of hydrogen-bond acceptors (Lipinski definition) is 5. The van der Waals surface area contributed by atoms with Crippen molar-refractivity contribution < 1.29 is 17.9 Å². The molecule has 2 N–H and O–H groups in total. The first-order valence-corrected chi connectivity index (χ1v) is 11.4. The van der Waals surface area contributed by atoms with E-state index in [-0.39, 0.29) is 41.6 Å². The molecule has 0 aliphatic carbocycles. The molecule has 1 unspecified atom stereocenters. The van der Waals surface area contributed by atoms with E-state index in [0.717, 1.165) is 29.0 Å². The Morgan fingerprint density at radius 2 is 2.04 bits per heavy atom. The molecule has 9 heteroatoms. The number of benzene rings is 1. The molecule has 2 rings (SSSR count). The van der Waals surface area contributed by atoms with Crippen LogP contribution in [0.2, 0.25) is 0 Å². The molecule has 7 nitrogen and oxygen atoms in total. The fourth-order valence-corrected chi connectivity index (χ4v) is 3.57. The summed E-state index contributed by atoms with van der Waals surface area (Å²) in [7, 11) is -3.01. The molecule has 1 aliphatic rings. The van der Waals surface area contributed by atoms with Gasteiger partial charge in [0.2, 0.25) is 0 Å². The molecule has 0 spiro atoms. The maximum Gasteiger partial charge on any atom is 0.191 e. The van der Waals surface area contributed by atoms with Crippen LogP contribution in [0.3, 0.4) is 0 Å². The van der Waals surface area contributed by atoms with Gasteiger partial charge in [0.25, 0.3) is 0 Å². The topological polar surface area (TPSA) is 89.0 Å². The quantitative estimate of drug-likeness (QED) is 0.293. The van der Waals surface area contributed by atoms with Crippen LogP contribution in [0, 0.1) is 0 Å². The molecule has 1 atom stereocenters. The summed E-state index contributed by atoms with van der Waals surface area (Å²) in [6.07, 6.45) is 1.06. The Kier molecular flexibility index (Phi) is 10.4. The predicted octanol–water partition coefficient (Wildman–Crippen LogP) is 2.52. The summed E-state index contributed by atoms with van der Waals surface area (Å²) in [5, 5.41) is 6.22. The van der Waals surface area contributed by atoms with Crippen LogP contribution in [0.5, 0.6) is 11.5 Å². The van der Waals surface area contributed by atoms with Gasteiger partial charge in [0.15, 0.2) is 15.8 Å². The van der Waals surface area contributed by atoms with Crippen LogP contribution in [0.25, 0.3) is 0 Å². The zero-order valence-electron chi connectivity index (χ0n) is 17.1. The second-order valence-electron chi connectivity index (χ2n) is 6.49. The van der Waals surface area contributed by atoms with Gasteiger partial charge in [-0.25, -0.2) is 13.4 Å². The van der Waals surface area contributed by atoms with Gasteiger partial charge in [0.05, 0.1) is 18.9 Å². The standard InChI is InChI=1S/C19H31N3O4S.HI/c1-5-20-19(21-8-9-27(23,24)7-3)22-13-16-12-18-15(10-14(4)26-18)11-17(16)25-6-2;/h11-12,14H,5-10,13H2,1-4H3,(H2,20,21,22);1H. The van der Waals surface area contributed by atoms with Crippen molar-refractivity contribution in [1.29, 1.82) is 0 Å². The molecular weight excluding hydrogens is 493 g/mol. The highest BCUT2D eigenvalue weighted by Crippen LogP contribution is 2.35. The number of rotatable bonds is 9. The minimum Gasteiger partial charge on any atom is -0.494 e. The van der Waals surface area contributed by atoms with Crippen molar-refractivity contribution in [3.8, 4) is 11.5 Å². The van der Waals surface area contributed by atoms with Gasteiger partial charge in [-0.1, -0.05) is 6.92 Å². The van der Waals surface area contributed by atoms with Crippen LogP contribution in [0.1, 0.15) is 38.8 Å². The molecule has 0 radical (unpaired) electrons. The summed E-state index contributed by atoms with van der Waals surface area (Å²) in [5.41, 5.74) is 2.11. The molecule has 0 bridgehead atoms. The Morgan fingerprint density at radius 1 is 1.29 bits per heavy atom. The minimum absolute atomic E-state index is 0. The minimum atomic E-state index is -3.01. The molecular formula is C19H32IN3O4S. The molecule has 160 valence electrons. The van der Waals surface area contributed by atoms with Gasteiger partial charge in [-0.15, -0.1) is 24.0 Å². The number of sulfone groups is 1. The number of fused-ring (bicyclic) bond motifs is 1. The lowest BCUT2D eigenvalue weighted by molar-refractivity contribution is 0.254. The van der Waals surface area contributed by atoms with Gasteiger partial charge >= 0.3 is 0 Å². The number of ether oxygens (including phenoxy) is 2. The summed E-state index contributed by atoms with van der Waals surface area (Å²) in [5.74, 6) is 2.53. The van der Waals surface area contributed by atoms with Gasteiger partial charge in [0, 0.05) is 36.4 Å². The van der Waals surface area contributed by atoms with E-state index < -0.39 is 9.84 Å². The van der Waals surface area contributed by atoms with Crippen molar-refractivity contribution in [1.82, 2.24) is 10.6 Å². The van der Waals surface area contributed by atoms with E-state index in [1.807, 2.05) is 26.0 Å². The van der Waals surface area contributed by atoms with Crippen molar-refractivity contribution in [3.63, 3.8) is 0 Å². The third-order valence-corrected chi connectivity index (χ3v) is 5.98. The number of nitrogens with one attached hydrogen (secondary N) is 2. The lowest BCUT2D eigenvalue weighted by atomic mass is 10.1. The summed E-state index contributed by atoms with van der Waals surface area (Å²) >= 11 is 0. The molecule has 1 aromatic rings. The van der Waals surface area contributed by atoms with Crippen molar-refractivity contribution in [3.05, 3.63) is 23.3 Å². The van der Waals surface area contributed by atoms with Gasteiger partial charge < -0.3 is 20.1 Å². The number of guanidine groups is 1. The van der Waals surface area contributed by atoms with E-state index in [1.54, 1.807) is 6.92 Å². The molecule has 0 saturated heterocycles. The largest absolute Gasteiger partial charge is 0.494 e. The van der Waals surface area contributed by atoms with Crippen LogP contribution in [0.15, 0.2) is 17.1 Å². The Labute approximate surface area is 185 Å².